The fourth-order valence-corrected chi connectivity index (χ4v) is 0.963. The molecule has 0 amide bonds. The van der Waals surface area contributed by atoms with Gasteiger partial charge in [0.25, 0.3) is 0 Å². The first-order valence-corrected chi connectivity index (χ1v) is 3.72. The second kappa shape index (κ2) is 3.91. The molecule has 0 unspecified atom stereocenters. The second-order valence-electron chi connectivity index (χ2n) is 2.58. The molecule has 0 aromatic heterocycles. The number of benzene rings is 1. The average Bonchev–Trinajstić information content (AvgIpc) is 2.20. The highest BCUT2D eigenvalue weighted by Gasteiger charge is 2.22. The number of carbonyl (C=O) groups excluding carboxylic acids is 1. The van der Waals surface area contributed by atoms with Crippen LogP contribution in [0.25, 0.3) is 0 Å². The fraction of sp³-hybridized carbons (Fsp3) is 0.125. The number of carbonyl (C=O) groups is 1. The van der Waals surface area contributed by atoms with Crippen LogP contribution in [0.3, 0.4) is 0 Å². The summed E-state index contributed by atoms with van der Waals surface area (Å²) in [6, 6.07) is 1.45. The van der Waals surface area contributed by atoms with Gasteiger partial charge < -0.3 is 9.84 Å². The topological polar surface area (TPSA) is 89.7 Å². The lowest BCUT2D eigenvalue weighted by molar-refractivity contribution is -0.387. The largest absolute Gasteiger partial charge is 0.505 e. The highest BCUT2D eigenvalue weighted by molar-refractivity contribution is 5.90. The minimum atomic E-state index is -1.38. The van der Waals surface area contributed by atoms with Crippen molar-refractivity contribution in [3.05, 3.63) is 33.6 Å². The summed E-state index contributed by atoms with van der Waals surface area (Å²) in [7, 11) is 1.06. The Morgan fingerprint density at radius 3 is 2.67 bits per heavy atom. The maximum absolute atomic E-state index is 13.0. The molecule has 1 aromatic rings. The van der Waals surface area contributed by atoms with Gasteiger partial charge in [0, 0.05) is 6.07 Å². The van der Waals surface area contributed by atoms with Gasteiger partial charge in [0.2, 0.25) is 5.82 Å². The Hall–Kier alpha value is -2.18. The summed E-state index contributed by atoms with van der Waals surface area (Å²) in [5.74, 6) is -3.24. The van der Waals surface area contributed by atoms with E-state index in [1.807, 2.05) is 0 Å². The predicted molar refractivity (Wildman–Crippen MR) is 46.1 cm³/mol. The number of methoxy groups -OCH3 is 1. The van der Waals surface area contributed by atoms with Crippen molar-refractivity contribution < 1.29 is 24.0 Å². The molecule has 15 heavy (non-hydrogen) atoms. The maximum Gasteiger partial charge on any atom is 0.338 e. The number of hydrogen-bond donors (Lipinski definition) is 1. The van der Waals surface area contributed by atoms with E-state index in [1.54, 1.807) is 0 Å². The molecular weight excluding hydrogens is 209 g/mol. The van der Waals surface area contributed by atoms with Crippen LogP contribution in [0.4, 0.5) is 10.1 Å². The Morgan fingerprint density at radius 2 is 2.20 bits per heavy atom. The molecule has 0 aliphatic rings. The predicted octanol–water partition coefficient (Wildman–Crippen LogP) is 1.23. The Bertz CT molecular complexity index is 431. The van der Waals surface area contributed by atoms with Crippen LogP contribution in [-0.2, 0) is 4.74 Å². The van der Waals surface area contributed by atoms with E-state index in [0.29, 0.717) is 6.07 Å². The number of nitrogens with zero attached hydrogens (tertiary/aromatic N) is 1. The standard InChI is InChI=1S/C8H6FNO5/c1-15-8(12)4-2-5(10(13)14)7(9)6(11)3-4/h2-3,11H,1H3. The molecule has 0 aliphatic heterocycles. The van der Waals surface area contributed by atoms with Gasteiger partial charge >= 0.3 is 11.7 Å². The maximum atomic E-state index is 13.0. The highest BCUT2D eigenvalue weighted by atomic mass is 19.1. The van der Waals surface area contributed by atoms with E-state index >= 15 is 0 Å². The van der Waals surface area contributed by atoms with Gasteiger partial charge in [-0.25, -0.2) is 4.79 Å². The van der Waals surface area contributed by atoms with Crippen LogP contribution >= 0.6 is 0 Å². The van der Waals surface area contributed by atoms with E-state index in [9.17, 15) is 19.3 Å². The van der Waals surface area contributed by atoms with Crippen LogP contribution in [0.5, 0.6) is 5.75 Å². The van der Waals surface area contributed by atoms with Crippen LogP contribution < -0.4 is 0 Å². The molecule has 0 saturated carbocycles. The molecule has 0 atom stereocenters. The van der Waals surface area contributed by atoms with Gasteiger partial charge in [-0.1, -0.05) is 0 Å². The van der Waals surface area contributed by atoms with Crippen LogP contribution in [0.15, 0.2) is 12.1 Å². The molecule has 80 valence electrons. The summed E-state index contributed by atoms with van der Waals surface area (Å²) >= 11 is 0. The zero-order chi connectivity index (χ0) is 11.6. The van der Waals surface area contributed by atoms with Gasteiger partial charge in [-0.15, -0.1) is 0 Å². The van der Waals surface area contributed by atoms with Gasteiger partial charge in [0.05, 0.1) is 17.6 Å². The molecule has 0 aliphatic carbocycles. The quantitative estimate of drug-likeness (QED) is 0.455. The molecule has 6 nitrogen and oxygen atoms in total. The number of rotatable bonds is 2. The Morgan fingerprint density at radius 1 is 1.60 bits per heavy atom. The number of nitro groups is 1. The molecule has 1 N–H and O–H groups in total. The first kappa shape index (κ1) is 10.9. The first-order chi connectivity index (χ1) is 6.97. The summed E-state index contributed by atoms with van der Waals surface area (Å²) in [6.45, 7) is 0. The van der Waals surface area contributed by atoms with Crippen LogP contribution in [0.2, 0.25) is 0 Å². The van der Waals surface area contributed by atoms with Crippen molar-refractivity contribution in [2.24, 2.45) is 0 Å². The number of aromatic hydroxyl groups is 1. The third-order valence-electron chi connectivity index (χ3n) is 1.65. The average molecular weight is 215 g/mol. The van der Waals surface area contributed by atoms with Crippen molar-refractivity contribution in [1.29, 1.82) is 0 Å². The van der Waals surface area contributed by atoms with Crippen molar-refractivity contribution in [1.82, 2.24) is 0 Å². The third kappa shape index (κ3) is 2.01. The van der Waals surface area contributed by atoms with Gasteiger partial charge in [-0.3, -0.25) is 10.1 Å². The minimum Gasteiger partial charge on any atom is -0.505 e. The minimum absolute atomic E-state index is 0.289. The molecule has 1 rings (SSSR count). The van der Waals surface area contributed by atoms with E-state index < -0.39 is 28.1 Å². The van der Waals surface area contributed by atoms with E-state index in [2.05, 4.69) is 4.74 Å². The van der Waals surface area contributed by atoms with Crippen molar-refractivity contribution >= 4 is 11.7 Å². The zero-order valence-corrected chi connectivity index (χ0v) is 7.56. The summed E-state index contributed by atoms with van der Waals surface area (Å²) in [6.07, 6.45) is 0. The monoisotopic (exact) mass is 215 g/mol. The van der Waals surface area contributed by atoms with Gasteiger partial charge in [-0.2, -0.15) is 4.39 Å². The van der Waals surface area contributed by atoms with Crippen LogP contribution in [0, 0.1) is 15.9 Å². The molecule has 0 radical (unpaired) electrons. The molecule has 0 saturated heterocycles. The molecular formula is C8H6FNO5. The second-order valence-corrected chi connectivity index (χ2v) is 2.58. The van der Waals surface area contributed by atoms with Gasteiger partial charge in [-0.05, 0) is 6.07 Å². The molecule has 0 bridgehead atoms. The van der Waals surface area contributed by atoms with E-state index in [4.69, 9.17) is 5.11 Å². The number of ether oxygens (including phenoxy) is 1. The smallest absolute Gasteiger partial charge is 0.338 e. The van der Waals surface area contributed by atoms with E-state index in [0.717, 1.165) is 13.2 Å². The van der Waals surface area contributed by atoms with Gasteiger partial charge in [0.15, 0.2) is 5.75 Å². The van der Waals surface area contributed by atoms with Crippen LogP contribution in [0.1, 0.15) is 10.4 Å². The third-order valence-corrected chi connectivity index (χ3v) is 1.65. The van der Waals surface area contributed by atoms with Crippen molar-refractivity contribution in [2.45, 2.75) is 0 Å². The number of hydrogen-bond acceptors (Lipinski definition) is 5. The van der Waals surface area contributed by atoms with E-state index in [-0.39, 0.29) is 5.56 Å². The zero-order valence-electron chi connectivity index (χ0n) is 7.56. The lowest BCUT2D eigenvalue weighted by Crippen LogP contribution is -2.03. The van der Waals surface area contributed by atoms with Crippen molar-refractivity contribution in [3.8, 4) is 5.75 Å². The molecule has 0 fully saturated rings. The Balaban J connectivity index is 3.35. The van der Waals surface area contributed by atoms with Crippen molar-refractivity contribution in [2.75, 3.05) is 7.11 Å². The molecule has 0 spiro atoms. The summed E-state index contributed by atoms with van der Waals surface area (Å²) in [4.78, 5) is 20.3. The fourth-order valence-electron chi connectivity index (χ4n) is 0.963. The normalized spacial score (nSPS) is 9.73. The number of phenolic OH excluding ortho intramolecular Hbond substituents is 1. The lowest BCUT2D eigenvalue weighted by Gasteiger charge is -2.01. The van der Waals surface area contributed by atoms with Gasteiger partial charge in [0.1, 0.15) is 0 Å². The lowest BCUT2D eigenvalue weighted by atomic mass is 10.2. The summed E-state index contributed by atoms with van der Waals surface area (Å²) in [5, 5.41) is 19.3. The molecule has 7 heteroatoms. The molecule has 0 heterocycles. The Labute approximate surface area is 83.0 Å². The SMILES string of the molecule is COC(=O)c1cc(O)c(F)c([N+](=O)[O-])c1. The van der Waals surface area contributed by atoms with Crippen LogP contribution in [-0.4, -0.2) is 23.1 Å². The molecule has 1 aromatic carbocycles. The first-order valence-electron chi connectivity index (χ1n) is 3.72. The number of phenols is 1. The Kier molecular flexibility index (Phi) is 2.84. The van der Waals surface area contributed by atoms with Crippen molar-refractivity contribution in [3.63, 3.8) is 0 Å². The van der Waals surface area contributed by atoms with E-state index in [1.165, 1.54) is 0 Å². The number of nitro benzene ring substituents is 1. The summed E-state index contributed by atoms with van der Waals surface area (Å²) < 4.78 is 17.2. The number of halogens is 1. The highest BCUT2D eigenvalue weighted by Crippen LogP contribution is 2.27. The summed E-state index contributed by atoms with van der Waals surface area (Å²) in [5.41, 5.74) is -1.27. The number of esters is 1.